The molecular formula is C17H19FN2O2. The number of hydrogen-bond donors (Lipinski definition) is 2. The maximum atomic E-state index is 13.0. The van der Waals surface area contributed by atoms with Crippen molar-refractivity contribution in [2.75, 3.05) is 6.61 Å². The molecule has 22 heavy (non-hydrogen) atoms. The first-order chi connectivity index (χ1) is 10.5. The molecule has 0 bridgehead atoms. The molecule has 4 nitrogen and oxygen atoms in total. The zero-order valence-electron chi connectivity index (χ0n) is 12.6. The van der Waals surface area contributed by atoms with Gasteiger partial charge in [-0.2, -0.15) is 0 Å². The quantitative estimate of drug-likeness (QED) is 0.892. The minimum Gasteiger partial charge on any atom is -0.394 e. The van der Waals surface area contributed by atoms with Crippen molar-refractivity contribution < 1.29 is 14.3 Å². The fourth-order valence-electron chi connectivity index (χ4n) is 2.04. The van der Waals surface area contributed by atoms with Crippen LogP contribution in [0.4, 0.5) is 4.39 Å². The van der Waals surface area contributed by atoms with Crippen molar-refractivity contribution in [3.05, 3.63) is 54.1 Å². The van der Waals surface area contributed by atoms with Gasteiger partial charge in [0.25, 0.3) is 5.91 Å². The van der Waals surface area contributed by atoms with E-state index in [0.717, 1.165) is 11.1 Å². The average molecular weight is 302 g/mol. The monoisotopic (exact) mass is 302 g/mol. The van der Waals surface area contributed by atoms with Crippen molar-refractivity contribution in [1.29, 1.82) is 0 Å². The molecule has 0 radical (unpaired) electrons. The molecule has 2 aromatic rings. The average Bonchev–Trinajstić information content (AvgIpc) is 2.53. The van der Waals surface area contributed by atoms with Crippen molar-refractivity contribution in [3.63, 3.8) is 0 Å². The number of carbonyl (C=O) groups excluding carboxylic acids is 1. The van der Waals surface area contributed by atoms with Crippen LogP contribution in [0.2, 0.25) is 0 Å². The smallest absolute Gasteiger partial charge is 0.253 e. The number of aliphatic hydroxyl groups excluding tert-OH is 1. The highest BCUT2D eigenvalue weighted by Gasteiger charge is 2.16. The number of nitrogens with zero attached hydrogens (tertiary/aromatic N) is 1. The number of halogens is 1. The highest BCUT2D eigenvalue weighted by atomic mass is 19.1. The van der Waals surface area contributed by atoms with Crippen LogP contribution in [0.25, 0.3) is 11.1 Å². The minimum atomic E-state index is -0.312. The maximum absolute atomic E-state index is 13.0. The minimum absolute atomic E-state index is 0.117. The summed E-state index contributed by atoms with van der Waals surface area (Å²) < 4.78 is 13.0. The van der Waals surface area contributed by atoms with E-state index < -0.39 is 0 Å². The van der Waals surface area contributed by atoms with Gasteiger partial charge in [-0.1, -0.05) is 26.0 Å². The second-order valence-electron chi connectivity index (χ2n) is 5.48. The van der Waals surface area contributed by atoms with E-state index in [1.807, 2.05) is 13.8 Å². The molecule has 0 aliphatic rings. The zero-order chi connectivity index (χ0) is 16.1. The predicted molar refractivity (Wildman–Crippen MR) is 82.8 cm³/mol. The molecule has 2 rings (SSSR count). The third kappa shape index (κ3) is 3.89. The number of amides is 1. The number of carbonyl (C=O) groups is 1. The predicted octanol–water partition coefficient (Wildman–Crippen LogP) is 2.63. The van der Waals surface area contributed by atoms with Crippen LogP contribution in [0.15, 0.2) is 42.7 Å². The number of pyridine rings is 1. The van der Waals surface area contributed by atoms with Crippen molar-refractivity contribution in [2.24, 2.45) is 5.92 Å². The van der Waals surface area contributed by atoms with Gasteiger partial charge in [0, 0.05) is 18.0 Å². The van der Waals surface area contributed by atoms with Crippen LogP contribution >= 0.6 is 0 Å². The molecule has 1 aromatic carbocycles. The first-order valence-corrected chi connectivity index (χ1v) is 7.14. The van der Waals surface area contributed by atoms with Gasteiger partial charge in [-0.05, 0) is 29.7 Å². The van der Waals surface area contributed by atoms with Crippen molar-refractivity contribution in [1.82, 2.24) is 10.3 Å². The van der Waals surface area contributed by atoms with E-state index in [2.05, 4.69) is 10.3 Å². The summed E-state index contributed by atoms with van der Waals surface area (Å²) in [5, 5.41) is 12.1. The van der Waals surface area contributed by atoms with Crippen LogP contribution in [-0.4, -0.2) is 28.6 Å². The van der Waals surface area contributed by atoms with Crippen LogP contribution in [0.1, 0.15) is 24.2 Å². The van der Waals surface area contributed by atoms with Gasteiger partial charge in [-0.15, -0.1) is 0 Å². The molecule has 1 atom stereocenters. The normalized spacial score (nSPS) is 12.2. The lowest BCUT2D eigenvalue weighted by molar-refractivity contribution is 0.0896. The Morgan fingerprint density at radius 3 is 2.50 bits per heavy atom. The Bertz CT molecular complexity index is 641. The summed E-state index contributed by atoms with van der Waals surface area (Å²) in [6, 6.07) is 7.40. The number of benzene rings is 1. The Kier molecular flexibility index (Phi) is 5.22. The maximum Gasteiger partial charge on any atom is 0.253 e. The van der Waals surface area contributed by atoms with E-state index in [0.29, 0.717) is 5.56 Å². The lowest BCUT2D eigenvalue weighted by atomic mass is 10.0. The van der Waals surface area contributed by atoms with Gasteiger partial charge in [-0.25, -0.2) is 4.39 Å². The molecular weight excluding hydrogens is 283 g/mol. The van der Waals surface area contributed by atoms with Crippen LogP contribution in [0.3, 0.4) is 0 Å². The molecule has 0 aliphatic carbocycles. The fraction of sp³-hybridized carbons (Fsp3) is 0.294. The summed E-state index contributed by atoms with van der Waals surface area (Å²) in [5.74, 6) is -0.472. The number of aromatic nitrogens is 1. The van der Waals surface area contributed by atoms with Crippen LogP contribution in [0.5, 0.6) is 0 Å². The topological polar surface area (TPSA) is 62.2 Å². The van der Waals surface area contributed by atoms with E-state index in [1.165, 1.54) is 18.3 Å². The van der Waals surface area contributed by atoms with E-state index in [-0.39, 0.29) is 30.3 Å². The summed E-state index contributed by atoms with van der Waals surface area (Å²) in [5.41, 5.74) is 1.92. The molecule has 1 aromatic heterocycles. The Morgan fingerprint density at radius 2 is 1.91 bits per heavy atom. The van der Waals surface area contributed by atoms with Crippen molar-refractivity contribution in [2.45, 2.75) is 19.9 Å². The molecule has 0 saturated heterocycles. The Morgan fingerprint density at radius 1 is 1.23 bits per heavy atom. The molecule has 2 N–H and O–H groups in total. The van der Waals surface area contributed by atoms with Crippen molar-refractivity contribution in [3.8, 4) is 11.1 Å². The third-order valence-electron chi connectivity index (χ3n) is 3.50. The molecule has 1 amide bonds. The van der Waals surface area contributed by atoms with E-state index >= 15 is 0 Å². The molecule has 0 aliphatic heterocycles. The Labute approximate surface area is 129 Å². The molecule has 116 valence electrons. The Hall–Kier alpha value is -2.27. The van der Waals surface area contributed by atoms with Gasteiger partial charge in [0.05, 0.1) is 18.2 Å². The Balaban J connectivity index is 2.21. The van der Waals surface area contributed by atoms with Gasteiger partial charge in [-0.3, -0.25) is 9.78 Å². The number of nitrogens with one attached hydrogen (secondary N) is 1. The first-order valence-electron chi connectivity index (χ1n) is 7.14. The summed E-state index contributed by atoms with van der Waals surface area (Å²) in [6.45, 7) is 3.73. The molecule has 5 heteroatoms. The number of hydrogen-bond acceptors (Lipinski definition) is 3. The molecule has 0 spiro atoms. The zero-order valence-corrected chi connectivity index (χ0v) is 12.6. The number of rotatable bonds is 5. The second-order valence-corrected chi connectivity index (χ2v) is 5.48. The van der Waals surface area contributed by atoms with Crippen LogP contribution < -0.4 is 5.32 Å². The van der Waals surface area contributed by atoms with Gasteiger partial charge in [0.1, 0.15) is 5.82 Å². The lowest BCUT2D eigenvalue weighted by Crippen LogP contribution is -2.41. The van der Waals surface area contributed by atoms with Gasteiger partial charge in [0.15, 0.2) is 0 Å². The lowest BCUT2D eigenvalue weighted by Gasteiger charge is -2.19. The molecule has 0 fully saturated rings. The van der Waals surface area contributed by atoms with Crippen molar-refractivity contribution >= 4 is 5.91 Å². The van der Waals surface area contributed by atoms with E-state index in [1.54, 1.807) is 24.4 Å². The third-order valence-corrected chi connectivity index (χ3v) is 3.50. The second kappa shape index (κ2) is 7.13. The van der Waals surface area contributed by atoms with Gasteiger partial charge < -0.3 is 10.4 Å². The molecule has 1 unspecified atom stereocenters. The number of aliphatic hydroxyl groups is 1. The highest BCUT2D eigenvalue weighted by molar-refractivity contribution is 5.95. The molecule has 1 heterocycles. The highest BCUT2D eigenvalue weighted by Crippen LogP contribution is 2.19. The van der Waals surface area contributed by atoms with E-state index in [9.17, 15) is 14.3 Å². The van der Waals surface area contributed by atoms with E-state index in [4.69, 9.17) is 0 Å². The fourth-order valence-corrected chi connectivity index (χ4v) is 2.04. The van der Waals surface area contributed by atoms with Gasteiger partial charge >= 0.3 is 0 Å². The van der Waals surface area contributed by atoms with Crippen LogP contribution in [0, 0.1) is 11.7 Å². The summed E-state index contributed by atoms with van der Waals surface area (Å²) >= 11 is 0. The van der Waals surface area contributed by atoms with Gasteiger partial charge in [0.2, 0.25) is 0 Å². The summed E-state index contributed by atoms with van der Waals surface area (Å²) in [7, 11) is 0. The largest absolute Gasteiger partial charge is 0.394 e. The summed E-state index contributed by atoms with van der Waals surface area (Å²) in [4.78, 5) is 16.3. The summed E-state index contributed by atoms with van der Waals surface area (Å²) in [6.07, 6.45) is 3.09. The standard InChI is InChI=1S/C17H19FN2O2/c1-11(2)16(10-21)20-17(22)14-7-13(8-19-9-14)12-3-5-15(18)6-4-12/h3-9,11,16,21H,10H2,1-2H3,(H,20,22). The SMILES string of the molecule is CC(C)C(CO)NC(=O)c1cncc(-c2ccc(F)cc2)c1. The first kappa shape index (κ1) is 16.1. The molecule has 0 saturated carbocycles. The van der Waals surface area contributed by atoms with Crippen LogP contribution in [-0.2, 0) is 0 Å².